The molecule has 1 fully saturated rings. The second-order valence-corrected chi connectivity index (χ2v) is 5.16. The molecule has 2 N–H and O–H groups in total. The van der Waals surface area contributed by atoms with Gasteiger partial charge < -0.3 is 10.4 Å². The molecule has 1 aromatic rings. The van der Waals surface area contributed by atoms with Gasteiger partial charge in [-0.3, -0.25) is 0 Å². The summed E-state index contributed by atoms with van der Waals surface area (Å²) >= 11 is 6.06. The molecule has 0 saturated heterocycles. The number of nitrogens with one attached hydrogen (secondary N) is 1. The highest BCUT2D eigenvalue weighted by Gasteiger charge is 2.22. The first-order chi connectivity index (χ1) is 8.72. The zero-order chi connectivity index (χ0) is 13.0. The maximum atomic E-state index is 10.1. The minimum Gasteiger partial charge on any atom is -0.391 e. The minimum atomic E-state index is -0.300. The first-order valence-electron chi connectivity index (χ1n) is 6.66. The van der Waals surface area contributed by atoms with Crippen molar-refractivity contribution in [2.45, 2.75) is 57.6 Å². The van der Waals surface area contributed by atoms with E-state index in [1.807, 2.05) is 6.92 Å². The fraction of sp³-hybridized carbons (Fsp3) is 0.692. The Kier molecular flexibility index (Phi) is 4.78. The van der Waals surface area contributed by atoms with Gasteiger partial charge in [-0.05, 0) is 19.3 Å². The summed E-state index contributed by atoms with van der Waals surface area (Å²) in [4.78, 5) is 8.24. The van der Waals surface area contributed by atoms with Crippen LogP contribution >= 0.6 is 11.6 Å². The van der Waals surface area contributed by atoms with Crippen LogP contribution in [0.3, 0.4) is 0 Å². The van der Waals surface area contributed by atoms with Gasteiger partial charge in [-0.25, -0.2) is 9.97 Å². The molecule has 18 heavy (non-hydrogen) atoms. The molecule has 0 aliphatic heterocycles. The Labute approximate surface area is 113 Å². The number of halogens is 1. The third-order valence-corrected chi connectivity index (χ3v) is 3.87. The molecule has 0 bridgehead atoms. The van der Waals surface area contributed by atoms with Gasteiger partial charge in [-0.1, -0.05) is 37.8 Å². The van der Waals surface area contributed by atoms with Crippen LogP contribution < -0.4 is 5.32 Å². The molecule has 1 heterocycles. The van der Waals surface area contributed by atoms with Crippen molar-refractivity contribution in [2.75, 3.05) is 5.32 Å². The molecule has 2 atom stereocenters. The van der Waals surface area contributed by atoms with Gasteiger partial charge in [0.2, 0.25) is 0 Å². The average molecular weight is 270 g/mol. The summed E-state index contributed by atoms with van der Waals surface area (Å²) in [5.41, 5.74) is 0.926. The van der Waals surface area contributed by atoms with E-state index in [-0.39, 0.29) is 12.1 Å². The van der Waals surface area contributed by atoms with Gasteiger partial charge >= 0.3 is 0 Å². The molecular weight excluding hydrogens is 250 g/mol. The van der Waals surface area contributed by atoms with Gasteiger partial charge in [0.1, 0.15) is 17.3 Å². The van der Waals surface area contributed by atoms with Crippen LogP contribution in [0, 0.1) is 0 Å². The van der Waals surface area contributed by atoms with E-state index in [2.05, 4.69) is 15.3 Å². The Morgan fingerprint density at radius 3 is 2.89 bits per heavy atom. The van der Waals surface area contributed by atoms with Crippen molar-refractivity contribution in [3.63, 3.8) is 0 Å². The highest BCUT2D eigenvalue weighted by molar-refractivity contribution is 6.30. The fourth-order valence-corrected chi connectivity index (χ4v) is 2.73. The van der Waals surface area contributed by atoms with Gasteiger partial charge in [0.05, 0.1) is 12.1 Å². The van der Waals surface area contributed by atoms with Crippen LogP contribution in [-0.2, 0) is 6.42 Å². The number of nitrogens with zero attached hydrogens (tertiary/aromatic N) is 2. The number of aliphatic hydroxyl groups excluding tert-OH is 1. The zero-order valence-electron chi connectivity index (χ0n) is 10.7. The SMILES string of the molecule is CCc1c(Cl)ncnc1NC1CCCCCC1O. The molecule has 0 spiro atoms. The van der Waals surface area contributed by atoms with Gasteiger partial charge in [-0.2, -0.15) is 0 Å². The summed E-state index contributed by atoms with van der Waals surface area (Å²) < 4.78 is 0. The standard InChI is InChI=1S/C13H20ClN3O/c1-2-9-12(14)15-8-16-13(9)17-10-6-4-3-5-7-11(10)18/h8,10-11,18H,2-7H2,1H3,(H,15,16,17). The predicted octanol–water partition coefficient (Wildman–Crippen LogP) is 2.80. The maximum absolute atomic E-state index is 10.1. The average Bonchev–Trinajstić information content (AvgIpc) is 2.55. The lowest BCUT2D eigenvalue weighted by Crippen LogP contribution is -2.33. The molecular formula is C13H20ClN3O. The number of rotatable bonds is 3. The van der Waals surface area contributed by atoms with Crippen molar-refractivity contribution < 1.29 is 5.11 Å². The van der Waals surface area contributed by atoms with Gasteiger partial charge in [-0.15, -0.1) is 0 Å². The Morgan fingerprint density at radius 2 is 2.11 bits per heavy atom. The molecule has 2 unspecified atom stereocenters. The van der Waals surface area contributed by atoms with Crippen molar-refractivity contribution in [3.05, 3.63) is 17.0 Å². The van der Waals surface area contributed by atoms with Crippen molar-refractivity contribution in [1.82, 2.24) is 9.97 Å². The summed E-state index contributed by atoms with van der Waals surface area (Å²) in [5.74, 6) is 0.767. The Hall–Kier alpha value is -0.870. The lowest BCUT2D eigenvalue weighted by molar-refractivity contribution is 0.144. The van der Waals surface area contributed by atoms with E-state index in [0.29, 0.717) is 5.15 Å². The van der Waals surface area contributed by atoms with E-state index < -0.39 is 0 Å². The van der Waals surface area contributed by atoms with E-state index in [1.165, 1.54) is 12.7 Å². The first-order valence-corrected chi connectivity index (χ1v) is 7.04. The van der Waals surface area contributed by atoms with E-state index in [0.717, 1.165) is 43.5 Å². The second-order valence-electron chi connectivity index (χ2n) is 4.80. The molecule has 1 aliphatic carbocycles. The van der Waals surface area contributed by atoms with Crippen molar-refractivity contribution >= 4 is 17.4 Å². The molecule has 1 aromatic heterocycles. The molecule has 4 nitrogen and oxygen atoms in total. The number of aromatic nitrogens is 2. The van der Waals surface area contributed by atoms with Crippen LogP contribution in [0.4, 0.5) is 5.82 Å². The summed E-state index contributed by atoms with van der Waals surface area (Å²) in [6.45, 7) is 2.03. The van der Waals surface area contributed by atoms with Gasteiger partial charge in [0, 0.05) is 5.56 Å². The van der Waals surface area contributed by atoms with E-state index in [9.17, 15) is 5.11 Å². The van der Waals surface area contributed by atoms with E-state index >= 15 is 0 Å². The summed E-state index contributed by atoms with van der Waals surface area (Å²) in [5, 5.41) is 13.9. The monoisotopic (exact) mass is 269 g/mol. The van der Waals surface area contributed by atoms with Gasteiger partial charge in [0.15, 0.2) is 0 Å². The first kappa shape index (κ1) is 13.6. The highest BCUT2D eigenvalue weighted by atomic mass is 35.5. The third kappa shape index (κ3) is 3.12. The number of hydrogen-bond acceptors (Lipinski definition) is 4. The summed E-state index contributed by atoms with van der Waals surface area (Å²) in [7, 11) is 0. The van der Waals surface area contributed by atoms with Crippen LogP contribution in [0.1, 0.15) is 44.6 Å². The quantitative estimate of drug-likeness (QED) is 0.654. The predicted molar refractivity (Wildman–Crippen MR) is 72.9 cm³/mol. The Balaban J connectivity index is 2.14. The smallest absolute Gasteiger partial charge is 0.137 e. The summed E-state index contributed by atoms with van der Waals surface area (Å²) in [6.07, 6.45) is 7.23. The molecule has 0 aromatic carbocycles. The fourth-order valence-electron chi connectivity index (χ4n) is 2.46. The van der Waals surface area contributed by atoms with Crippen LogP contribution in [0.5, 0.6) is 0 Å². The van der Waals surface area contributed by atoms with Crippen LogP contribution in [0.15, 0.2) is 6.33 Å². The van der Waals surface area contributed by atoms with Gasteiger partial charge in [0.25, 0.3) is 0 Å². The molecule has 2 rings (SSSR count). The van der Waals surface area contributed by atoms with E-state index in [1.54, 1.807) is 0 Å². The van der Waals surface area contributed by atoms with E-state index in [4.69, 9.17) is 11.6 Å². The highest BCUT2D eigenvalue weighted by Crippen LogP contribution is 2.25. The van der Waals surface area contributed by atoms with Crippen molar-refractivity contribution in [1.29, 1.82) is 0 Å². The molecule has 100 valence electrons. The Bertz CT molecular complexity index is 400. The molecule has 1 saturated carbocycles. The van der Waals surface area contributed by atoms with Crippen LogP contribution in [-0.4, -0.2) is 27.2 Å². The van der Waals surface area contributed by atoms with Crippen LogP contribution in [0.25, 0.3) is 0 Å². The number of hydrogen-bond donors (Lipinski definition) is 2. The normalized spacial score (nSPS) is 24.6. The number of anilines is 1. The van der Waals surface area contributed by atoms with Crippen molar-refractivity contribution in [3.8, 4) is 0 Å². The molecule has 0 amide bonds. The maximum Gasteiger partial charge on any atom is 0.137 e. The minimum absolute atomic E-state index is 0.0729. The zero-order valence-corrected chi connectivity index (χ0v) is 11.5. The summed E-state index contributed by atoms with van der Waals surface area (Å²) in [6, 6.07) is 0.0729. The molecule has 5 heteroatoms. The third-order valence-electron chi connectivity index (χ3n) is 3.55. The molecule has 1 aliphatic rings. The lowest BCUT2D eigenvalue weighted by atomic mass is 10.1. The van der Waals surface area contributed by atoms with Crippen molar-refractivity contribution in [2.24, 2.45) is 0 Å². The topological polar surface area (TPSA) is 58.0 Å². The van der Waals surface area contributed by atoms with Crippen LogP contribution in [0.2, 0.25) is 5.15 Å². The Morgan fingerprint density at radius 1 is 1.33 bits per heavy atom. The largest absolute Gasteiger partial charge is 0.391 e. The molecule has 0 radical (unpaired) electrons. The lowest BCUT2D eigenvalue weighted by Gasteiger charge is -2.23. The second kappa shape index (κ2) is 6.34. The number of aliphatic hydroxyl groups is 1.